The third kappa shape index (κ3) is 3.58. The number of para-hydroxylation sites is 1. The molecule has 0 amide bonds. The smallest absolute Gasteiger partial charge is 0.307 e. The molecule has 3 nitrogen and oxygen atoms in total. The first-order chi connectivity index (χ1) is 8.65. The number of ether oxygens (including phenoxy) is 1. The van der Waals surface area contributed by atoms with Crippen LogP contribution in [0.25, 0.3) is 0 Å². The minimum atomic E-state index is -0.857. The Balaban J connectivity index is 2.06. The second-order valence-electron chi connectivity index (χ2n) is 3.70. The minimum Gasteiger partial charge on any atom is -0.488 e. The van der Waals surface area contributed by atoms with Gasteiger partial charge in [0.15, 0.2) is 0 Å². The number of thiophene rings is 1. The van der Waals surface area contributed by atoms with Crippen molar-refractivity contribution in [2.24, 2.45) is 0 Å². The number of hydrogen-bond acceptors (Lipinski definition) is 3. The number of halogens is 1. The lowest BCUT2D eigenvalue weighted by Crippen LogP contribution is -2.03. The van der Waals surface area contributed by atoms with Crippen molar-refractivity contribution in [2.75, 3.05) is 0 Å². The molecule has 18 heavy (non-hydrogen) atoms. The van der Waals surface area contributed by atoms with Gasteiger partial charge in [0.2, 0.25) is 0 Å². The Labute approximate surface area is 117 Å². The summed E-state index contributed by atoms with van der Waals surface area (Å²) in [6, 6.07) is 9.21. The Bertz CT molecular complexity index is 551. The van der Waals surface area contributed by atoms with Gasteiger partial charge in [-0.15, -0.1) is 11.3 Å². The van der Waals surface area contributed by atoms with Crippen LogP contribution in [-0.4, -0.2) is 11.1 Å². The monoisotopic (exact) mass is 326 g/mol. The van der Waals surface area contributed by atoms with Gasteiger partial charge in [0.1, 0.15) is 12.4 Å². The number of hydrogen-bond donors (Lipinski definition) is 1. The summed E-state index contributed by atoms with van der Waals surface area (Å²) in [4.78, 5) is 11.8. The average Bonchev–Trinajstić information content (AvgIpc) is 2.73. The molecule has 0 bridgehead atoms. The summed E-state index contributed by atoms with van der Waals surface area (Å²) < 4.78 is 6.70. The fourth-order valence-corrected chi connectivity index (χ4v) is 2.89. The highest BCUT2D eigenvalue weighted by Crippen LogP contribution is 2.24. The molecule has 94 valence electrons. The maximum absolute atomic E-state index is 10.7. The van der Waals surface area contributed by atoms with E-state index in [1.165, 1.54) is 0 Å². The molecule has 0 fully saturated rings. The molecule has 5 heteroatoms. The summed E-state index contributed by atoms with van der Waals surface area (Å²) in [6.07, 6.45) is -0.0235. The van der Waals surface area contributed by atoms with Crippen LogP contribution in [0.15, 0.2) is 40.2 Å². The number of rotatable bonds is 5. The fraction of sp³-hybridized carbons (Fsp3) is 0.154. The second kappa shape index (κ2) is 6.02. The number of aliphatic carboxylic acids is 1. The number of carboxylic acid groups (broad SMARTS) is 1. The van der Waals surface area contributed by atoms with Gasteiger partial charge in [-0.2, -0.15) is 0 Å². The Hall–Kier alpha value is -1.33. The summed E-state index contributed by atoms with van der Waals surface area (Å²) in [5.41, 5.74) is 0.695. The van der Waals surface area contributed by atoms with Gasteiger partial charge in [-0.05, 0) is 28.1 Å². The molecule has 0 aliphatic heterocycles. The van der Waals surface area contributed by atoms with Crippen LogP contribution in [-0.2, 0) is 17.8 Å². The van der Waals surface area contributed by atoms with Crippen molar-refractivity contribution in [3.8, 4) is 5.75 Å². The third-order valence-electron chi connectivity index (χ3n) is 2.31. The van der Waals surface area contributed by atoms with E-state index in [1.54, 1.807) is 23.5 Å². The zero-order valence-corrected chi connectivity index (χ0v) is 11.8. The van der Waals surface area contributed by atoms with Gasteiger partial charge in [0.05, 0.1) is 6.42 Å². The zero-order valence-electron chi connectivity index (χ0n) is 9.43. The maximum Gasteiger partial charge on any atom is 0.307 e. The normalized spacial score (nSPS) is 10.3. The Kier molecular flexibility index (Phi) is 4.38. The van der Waals surface area contributed by atoms with Gasteiger partial charge in [-0.1, -0.05) is 18.2 Å². The van der Waals surface area contributed by atoms with E-state index >= 15 is 0 Å². The molecule has 1 aromatic carbocycles. The number of benzene rings is 1. The van der Waals surface area contributed by atoms with Gasteiger partial charge in [0.25, 0.3) is 0 Å². The van der Waals surface area contributed by atoms with Crippen molar-refractivity contribution in [2.45, 2.75) is 13.0 Å². The van der Waals surface area contributed by atoms with Crippen LogP contribution in [0.3, 0.4) is 0 Å². The molecule has 0 saturated heterocycles. The number of carbonyl (C=O) groups is 1. The lowest BCUT2D eigenvalue weighted by Gasteiger charge is -2.09. The second-order valence-corrected chi connectivity index (χ2v) is 5.61. The van der Waals surface area contributed by atoms with E-state index in [1.807, 2.05) is 23.6 Å². The molecule has 2 rings (SSSR count). The molecule has 0 spiro atoms. The lowest BCUT2D eigenvalue weighted by molar-refractivity contribution is -0.136. The van der Waals surface area contributed by atoms with E-state index in [9.17, 15) is 4.79 Å². The van der Waals surface area contributed by atoms with Crippen LogP contribution in [0.4, 0.5) is 0 Å². The number of carboxylic acids is 1. The molecule has 1 aromatic heterocycles. The summed E-state index contributed by atoms with van der Waals surface area (Å²) in [5, 5.41) is 10.8. The van der Waals surface area contributed by atoms with Gasteiger partial charge in [-0.25, -0.2) is 0 Å². The van der Waals surface area contributed by atoms with Crippen molar-refractivity contribution >= 4 is 33.2 Å². The van der Waals surface area contributed by atoms with Gasteiger partial charge >= 0.3 is 5.97 Å². The summed E-state index contributed by atoms with van der Waals surface area (Å²) >= 11 is 4.98. The van der Waals surface area contributed by atoms with E-state index in [2.05, 4.69) is 15.9 Å². The van der Waals surface area contributed by atoms with Crippen LogP contribution in [0.2, 0.25) is 0 Å². The molecule has 1 N–H and O–H groups in total. The summed E-state index contributed by atoms with van der Waals surface area (Å²) in [7, 11) is 0. The van der Waals surface area contributed by atoms with E-state index in [0.29, 0.717) is 17.9 Å². The lowest BCUT2D eigenvalue weighted by atomic mass is 10.1. The Morgan fingerprint density at radius 2 is 2.17 bits per heavy atom. The van der Waals surface area contributed by atoms with Gasteiger partial charge in [-0.3, -0.25) is 4.79 Å². The van der Waals surface area contributed by atoms with E-state index in [-0.39, 0.29) is 6.42 Å². The molecule has 0 atom stereocenters. The fourth-order valence-electron chi connectivity index (χ4n) is 1.53. The standard InChI is InChI=1S/C13H11BrO3S/c14-10-6-11(18-8-10)7-17-12-4-2-1-3-9(12)5-13(15)16/h1-4,6,8H,5,7H2,(H,15,16). The maximum atomic E-state index is 10.7. The highest BCUT2D eigenvalue weighted by Gasteiger charge is 2.07. The largest absolute Gasteiger partial charge is 0.488 e. The molecule has 0 unspecified atom stereocenters. The SMILES string of the molecule is O=C(O)Cc1ccccc1OCc1cc(Br)cs1. The molecular formula is C13H11BrO3S. The Morgan fingerprint density at radius 1 is 1.39 bits per heavy atom. The topological polar surface area (TPSA) is 46.5 Å². The van der Waals surface area contributed by atoms with Crippen LogP contribution < -0.4 is 4.74 Å². The van der Waals surface area contributed by atoms with Crippen LogP contribution in [0.1, 0.15) is 10.4 Å². The zero-order chi connectivity index (χ0) is 13.0. The first-order valence-corrected chi connectivity index (χ1v) is 6.98. The predicted octanol–water partition coefficient (Wildman–Crippen LogP) is 3.72. The van der Waals surface area contributed by atoms with Crippen molar-refractivity contribution in [3.63, 3.8) is 0 Å². The van der Waals surface area contributed by atoms with Crippen LogP contribution in [0.5, 0.6) is 5.75 Å². The quantitative estimate of drug-likeness (QED) is 0.910. The van der Waals surface area contributed by atoms with E-state index < -0.39 is 5.97 Å². The predicted molar refractivity (Wildman–Crippen MR) is 74.1 cm³/mol. The van der Waals surface area contributed by atoms with Crippen LogP contribution >= 0.6 is 27.3 Å². The van der Waals surface area contributed by atoms with Crippen molar-refractivity contribution in [3.05, 3.63) is 50.6 Å². The Morgan fingerprint density at radius 3 is 2.83 bits per heavy atom. The molecule has 0 radical (unpaired) electrons. The molecule has 0 aliphatic carbocycles. The highest BCUT2D eigenvalue weighted by molar-refractivity contribution is 9.10. The van der Waals surface area contributed by atoms with Crippen LogP contribution in [0, 0.1) is 0 Å². The molecule has 1 heterocycles. The van der Waals surface area contributed by atoms with Crippen molar-refractivity contribution in [1.29, 1.82) is 0 Å². The van der Waals surface area contributed by atoms with Crippen molar-refractivity contribution < 1.29 is 14.6 Å². The molecular weight excluding hydrogens is 316 g/mol. The average molecular weight is 327 g/mol. The van der Waals surface area contributed by atoms with E-state index in [4.69, 9.17) is 9.84 Å². The van der Waals surface area contributed by atoms with E-state index in [0.717, 1.165) is 9.35 Å². The first-order valence-electron chi connectivity index (χ1n) is 5.30. The highest BCUT2D eigenvalue weighted by atomic mass is 79.9. The van der Waals surface area contributed by atoms with Gasteiger partial charge < -0.3 is 9.84 Å². The van der Waals surface area contributed by atoms with Gasteiger partial charge in [0, 0.05) is 20.3 Å². The van der Waals surface area contributed by atoms with Crippen molar-refractivity contribution in [1.82, 2.24) is 0 Å². The molecule has 0 saturated carbocycles. The first kappa shape index (κ1) is 13.1. The molecule has 2 aromatic rings. The third-order valence-corrected chi connectivity index (χ3v) is 3.98. The minimum absolute atomic E-state index is 0.0235. The summed E-state index contributed by atoms with van der Waals surface area (Å²) in [6.45, 7) is 0.451. The summed E-state index contributed by atoms with van der Waals surface area (Å²) in [5.74, 6) is -0.227. The molecule has 0 aliphatic rings.